The summed E-state index contributed by atoms with van der Waals surface area (Å²) in [6.07, 6.45) is 3.86. The van der Waals surface area contributed by atoms with E-state index in [9.17, 15) is 0 Å². The lowest BCUT2D eigenvalue weighted by Gasteiger charge is -2.37. The van der Waals surface area contributed by atoms with Crippen molar-refractivity contribution in [3.8, 4) is 0 Å². The fourth-order valence-electron chi connectivity index (χ4n) is 2.40. The minimum absolute atomic E-state index is 0.435. The van der Waals surface area contributed by atoms with Gasteiger partial charge in [-0.05, 0) is 32.7 Å². The van der Waals surface area contributed by atoms with Crippen LogP contribution in [0.2, 0.25) is 0 Å². The van der Waals surface area contributed by atoms with Gasteiger partial charge in [0.25, 0.3) is 0 Å². The fraction of sp³-hybridized carbons (Fsp3) is 1.00. The maximum absolute atomic E-state index is 3.55. The van der Waals surface area contributed by atoms with Gasteiger partial charge in [0, 0.05) is 24.7 Å². The van der Waals surface area contributed by atoms with Gasteiger partial charge in [-0.1, -0.05) is 20.8 Å². The Balaban J connectivity index is 2.47. The molecule has 1 saturated heterocycles. The molecule has 0 aromatic heterocycles. The Morgan fingerprint density at radius 2 is 1.93 bits per heavy atom. The highest BCUT2D eigenvalue weighted by atomic mass is 15.2. The van der Waals surface area contributed by atoms with E-state index in [1.165, 1.54) is 32.4 Å². The lowest BCUT2D eigenvalue weighted by Crippen LogP contribution is -2.45. The molecule has 1 heterocycles. The number of nitrogens with one attached hydrogen (secondary N) is 1. The van der Waals surface area contributed by atoms with Crippen molar-refractivity contribution in [2.75, 3.05) is 19.6 Å². The van der Waals surface area contributed by atoms with Crippen LogP contribution in [0.4, 0.5) is 0 Å². The van der Waals surface area contributed by atoms with Crippen molar-refractivity contribution >= 4 is 0 Å². The van der Waals surface area contributed by atoms with Gasteiger partial charge in [-0.25, -0.2) is 0 Å². The second-order valence-electron chi connectivity index (χ2n) is 4.69. The average Bonchev–Trinajstić information content (AvgIpc) is 2.66. The number of likely N-dealkylation sites (tertiary alicyclic amines) is 1. The van der Waals surface area contributed by atoms with E-state index in [-0.39, 0.29) is 0 Å². The molecule has 1 unspecified atom stereocenters. The third-order valence-electron chi connectivity index (χ3n) is 3.97. The van der Waals surface area contributed by atoms with Crippen LogP contribution < -0.4 is 5.32 Å². The number of rotatable bonds is 5. The van der Waals surface area contributed by atoms with Gasteiger partial charge in [0.05, 0.1) is 0 Å². The highest BCUT2D eigenvalue weighted by Gasteiger charge is 2.33. The SMILES string of the molecule is CCNC1CCN(C(C)(CC)CC)C1. The number of hydrogen-bond acceptors (Lipinski definition) is 2. The third-order valence-corrected chi connectivity index (χ3v) is 3.97. The van der Waals surface area contributed by atoms with Crippen LogP contribution in [0.1, 0.15) is 47.0 Å². The summed E-state index contributed by atoms with van der Waals surface area (Å²) in [5, 5.41) is 3.55. The van der Waals surface area contributed by atoms with Crippen LogP contribution in [0.15, 0.2) is 0 Å². The maximum Gasteiger partial charge on any atom is 0.0207 e. The van der Waals surface area contributed by atoms with E-state index in [0.29, 0.717) is 5.54 Å². The quantitative estimate of drug-likeness (QED) is 0.729. The van der Waals surface area contributed by atoms with E-state index >= 15 is 0 Å². The summed E-state index contributed by atoms with van der Waals surface area (Å²) in [7, 11) is 0. The van der Waals surface area contributed by atoms with E-state index < -0.39 is 0 Å². The van der Waals surface area contributed by atoms with E-state index in [1.54, 1.807) is 0 Å². The zero-order valence-corrected chi connectivity index (χ0v) is 10.3. The third kappa shape index (κ3) is 2.48. The van der Waals surface area contributed by atoms with Crippen LogP contribution in [0.3, 0.4) is 0 Å². The summed E-state index contributed by atoms with van der Waals surface area (Å²) >= 11 is 0. The van der Waals surface area contributed by atoms with E-state index in [0.717, 1.165) is 12.6 Å². The number of likely N-dealkylation sites (N-methyl/N-ethyl adjacent to an activating group) is 1. The van der Waals surface area contributed by atoms with Gasteiger partial charge in [0.2, 0.25) is 0 Å². The van der Waals surface area contributed by atoms with Crippen LogP contribution in [-0.2, 0) is 0 Å². The molecule has 0 amide bonds. The first-order valence-electron chi connectivity index (χ1n) is 6.14. The van der Waals surface area contributed by atoms with Crippen LogP contribution >= 0.6 is 0 Å². The Morgan fingerprint density at radius 3 is 2.43 bits per heavy atom. The smallest absolute Gasteiger partial charge is 0.0207 e. The molecule has 0 aliphatic carbocycles. The van der Waals surface area contributed by atoms with Gasteiger partial charge < -0.3 is 5.32 Å². The highest BCUT2D eigenvalue weighted by molar-refractivity contribution is 4.91. The van der Waals surface area contributed by atoms with Crippen molar-refractivity contribution in [3.05, 3.63) is 0 Å². The second-order valence-corrected chi connectivity index (χ2v) is 4.69. The topological polar surface area (TPSA) is 15.3 Å². The Kier molecular flexibility index (Phi) is 4.39. The van der Waals surface area contributed by atoms with E-state index in [4.69, 9.17) is 0 Å². The van der Waals surface area contributed by atoms with Gasteiger partial charge in [-0.15, -0.1) is 0 Å². The number of nitrogens with zero attached hydrogens (tertiary/aromatic N) is 1. The summed E-state index contributed by atoms with van der Waals surface area (Å²) in [4.78, 5) is 2.67. The summed E-state index contributed by atoms with van der Waals surface area (Å²) in [5.41, 5.74) is 0.435. The molecule has 0 spiro atoms. The highest BCUT2D eigenvalue weighted by Crippen LogP contribution is 2.27. The monoisotopic (exact) mass is 198 g/mol. The largest absolute Gasteiger partial charge is 0.313 e. The Labute approximate surface area is 89.1 Å². The molecule has 1 N–H and O–H groups in total. The summed E-state index contributed by atoms with van der Waals surface area (Å²) in [6, 6.07) is 0.734. The lowest BCUT2D eigenvalue weighted by molar-refractivity contribution is 0.122. The Bertz CT molecular complexity index is 164. The van der Waals surface area contributed by atoms with Crippen molar-refractivity contribution in [3.63, 3.8) is 0 Å². The predicted molar refractivity (Wildman–Crippen MR) is 62.6 cm³/mol. The second kappa shape index (κ2) is 5.13. The molecule has 0 radical (unpaired) electrons. The molecule has 1 atom stereocenters. The zero-order valence-electron chi connectivity index (χ0n) is 10.3. The van der Waals surface area contributed by atoms with Crippen LogP contribution in [0.5, 0.6) is 0 Å². The maximum atomic E-state index is 3.55. The lowest BCUT2D eigenvalue weighted by atomic mass is 9.93. The van der Waals surface area contributed by atoms with Gasteiger partial charge in [0.15, 0.2) is 0 Å². The van der Waals surface area contributed by atoms with Crippen LogP contribution in [0, 0.1) is 0 Å². The van der Waals surface area contributed by atoms with Gasteiger partial charge in [-0.2, -0.15) is 0 Å². The van der Waals surface area contributed by atoms with Gasteiger partial charge >= 0.3 is 0 Å². The zero-order chi connectivity index (χ0) is 10.6. The molecule has 0 saturated carbocycles. The normalized spacial score (nSPS) is 24.4. The van der Waals surface area contributed by atoms with Gasteiger partial charge in [0.1, 0.15) is 0 Å². The molecule has 0 bridgehead atoms. The fourth-order valence-corrected chi connectivity index (χ4v) is 2.40. The van der Waals surface area contributed by atoms with E-state index in [2.05, 4.69) is 37.9 Å². The standard InChI is InChI=1S/C12H26N2/c1-5-12(4,6-2)14-9-8-11(10-14)13-7-3/h11,13H,5-10H2,1-4H3. The summed E-state index contributed by atoms with van der Waals surface area (Å²) < 4.78 is 0. The molecule has 2 nitrogen and oxygen atoms in total. The van der Waals surface area contributed by atoms with Crippen molar-refractivity contribution in [2.24, 2.45) is 0 Å². The first kappa shape index (κ1) is 12.0. The molecule has 1 aliphatic rings. The minimum Gasteiger partial charge on any atom is -0.313 e. The van der Waals surface area contributed by atoms with Crippen molar-refractivity contribution in [1.82, 2.24) is 10.2 Å². The van der Waals surface area contributed by atoms with Crippen LogP contribution in [0.25, 0.3) is 0 Å². The van der Waals surface area contributed by atoms with E-state index in [1.807, 2.05) is 0 Å². The van der Waals surface area contributed by atoms with Crippen molar-refractivity contribution in [1.29, 1.82) is 0 Å². The molecule has 1 aliphatic heterocycles. The molecular formula is C12H26N2. The van der Waals surface area contributed by atoms with Gasteiger partial charge in [-0.3, -0.25) is 4.90 Å². The molecule has 0 aromatic rings. The Hall–Kier alpha value is -0.0800. The minimum atomic E-state index is 0.435. The first-order chi connectivity index (χ1) is 6.66. The molecule has 1 fully saturated rings. The molecule has 0 aromatic carbocycles. The summed E-state index contributed by atoms with van der Waals surface area (Å²) in [5.74, 6) is 0. The average molecular weight is 198 g/mol. The Morgan fingerprint density at radius 1 is 1.29 bits per heavy atom. The molecule has 2 heteroatoms. The summed E-state index contributed by atoms with van der Waals surface area (Å²) in [6.45, 7) is 12.8. The number of hydrogen-bond donors (Lipinski definition) is 1. The predicted octanol–water partition coefficient (Wildman–Crippen LogP) is 2.25. The molecular weight excluding hydrogens is 172 g/mol. The molecule has 1 rings (SSSR count). The molecule has 84 valence electrons. The first-order valence-corrected chi connectivity index (χ1v) is 6.14. The van der Waals surface area contributed by atoms with Crippen molar-refractivity contribution < 1.29 is 0 Å². The van der Waals surface area contributed by atoms with Crippen LogP contribution in [-0.4, -0.2) is 36.1 Å². The van der Waals surface area contributed by atoms with Crippen molar-refractivity contribution in [2.45, 2.75) is 58.5 Å². The molecule has 14 heavy (non-hydrogen) atoms.